The summed E-state index contributed by atoms with van der Waals surface area (Å²) >= 11 is 0. The molecule has 4 heteroatoms. The zero-order valence-corrected chi connectivity index (χ0v) is 34.4. The number of hydrogen-bond acceptors (Lipinski definition) is 4. The summed E-state index contributed by atoms with van der Waals surface area (Å²) in [6.07, 6.45) is 6.78. The highest BCUT2D eigenvalue weighted by atomic mass is 14.8. The lowest BCUT2D eigenvalue weighted by atomic mass is 9.89. The molecule has 2 heterocycles. The normalized spacial score (nSPS) is 12.1. The van der Waals surface area contributed by atoms with Gasteiger partial charge in [-0.05, 0) is 163 Å². The van der Waals surface area contributed by atoms with Crippen molar-refractivity contribution in [1.82, 2.24) is 19.9 Å². The van der Waals surface area contributed by atoms with Gasteiger partial charge in [0, 0.05) is 23.5 Å². The highest BCUT2D eigenvalue weighted by Gasteiger charge is 2.29. The van der Waals surface area contributed by atoms with Crippen LogP contribution in [0.3, 0.4) is 0 Å². The molecule has 0 spiro atoms. The van der Waals surface area contributed by atoms with E-state index in [1.54, 1.807) is 25.0 Å². The first-order chi connectivity index (χ1) is 31.7. The molecule has 4 nitrogen and oxygen atoms in total. The average molecular weight is 811 g/mol. The molecule has 14 rings (SSSR count). The van der Waals surface area contributed by atoms with Gasteiger partial charge in [-0.15, -0.1) is 0 Å². The van der Waals surface area contributed by atoms with Crippen LogP contribution in [0, 0.1) is 0 Å². The van der Waals surface area contributed by atoms with Crippen LogP contribution >= 0.6 is 0 Å². The molecule has 2 aliphatic carbocycles. The lowest BCUT2D eigenvalue weighted by Gasteiger charge is -2.14. The predicted octanol–water partition coefficient (Wildman–Crippen LogP) is 15.5. The van der Waals surface area contributed by atoms with Gasteiger partial charge >= 0.3 is 0 Å². The van der Waals surface area contributed by atoms with Crippen molar-refractivity contribution in [1.29, 1.82) is 0 Å². The second-order valence-electron chi connectivity index (χ2n) is 17.0. The van der Waals surface area contributed by atoms with E-state index in [0.717, 1.165) is 22.5 Å². The molecular weight excluding hydrogens is 777 g/mol. The van der Waals surface area contributed by atoms with Gasteiger partial charge in [-0.3, -0.25) is 0 Å². The summed E-state index contributed by atoms with van der Waals surface area (Å²) in [5.74, 6) is 0. The van der Waals surface area contributed by atoms with Crippen LogP contribution in [0.15, 0.2) is 207 Å². The fourth-order valence-electron chi connectivity index (χ4n) is 10.7. The highest BCUT2D eigenvalue weighted by Crippen LogP contribution is 2.56. The van der Waals surface area contributed by atoms with Crippen molar-refractivity contribution in [3.63, 3.8) is 0 Å². The first kappa shape index (κ1) is 35.0. The van der Waals surface area contributed by atoms with Crippen molar-refractivity contribution in [2.75, 3.05) is 0 Å². The third kappa shape index (κ3) is 5.17. The number of fused-ring (bicyclic) bond motifs is 10. The number of hydrogen-bond donors (Lipinski definition) is 0. The maximum absolute atomic E-state index is 4.46. The number of aromatic nitrogens is 4. The van der Waals surface area contributed by atoms with Crippen LogP contribution in [0.2, 0.25) is 0 Å². The maximum Gasteiger partial charge on any atom is 0.116 e. The Morgan fingerprint density at radius 2 is 0.812 bits per heavy atom. The Hall–Kier alpha value is -8.60. The van der Waals surface area contributed by atoms with Crippen LogP contribution in [-0.4, -0.2) is 19.9 Å². The Morgan fingerprint density at radius 3 is 1.52 bits per heavy atom. The van der Waals surface area contributed by atoms with Crippen molar-refractivity contribution < 1.29 is 0 Å². The first-order valence-electron chi connectivity index (χ1n) is 21.7. The lowest BCUT2D eigenvalue weighted by Crippen LogP contribution is -1.88. The van der Waals surface area contributed by atoms with Gasteiger partial charge < -0.3 is 0 Å². The van der Waals surface area contributed by atoms with Crippen LogP contribution in [0.25, 0.3) is 143 Å². The van der Waals surface area contributed by atoms with Crippen LogP contribution < -0.4 is 0 Å². The summed E-state index contributed by atoms with van der Waals surface area (Å²) in [6.45, 7) is 0. The summed E-state index contributed by atoms with van der Waals surface area (Å²) < 4.78 is 0. The van der Waals surface area contributed by atoms with Gasteiger partial charge in [0.25, 0.3) is 0 Å². The van der Waals surface area contributed by atoms with E-state index >= 15 is 0 Å². The smallest absolute Gasteiger partial charge is 0.116 e. The lowest BCUT2D eigenvalue weighted by molar-refractivity contribution is 1.17. The minimum absolute atomic E-state index is 0.920. The van der Waals surface area contributed by atoms with Gasteiger partial charge in [-0.25, -0.2) is 19.9 Å². The molecule has 0 unspecified atom stereocenters. The van der Waals surface area contributed by atoms with Crippen LogP contribution in [-0.2, 0) is 0 Å². The van der Waals surface area contributed by atoms with E-state index in [2.05, 4.69) is 190 Å². The second-order valence-corrected chi connectivity index (χ2v) is 17.0. The molecule has 0 saturated carbocycles. The first-order valence-corrected chi connectivity index (χ1v) is 21.7. The summed E-state index contributed by atoms with van der Waals surface area (Å²) in [5.41, 5.74) is 21.6. The van der Waals surface area contributed by atoms with Crippen molar-refractivity contribution in [3.8, 4) is 100 Å². The van der Waals surface area contributed by atoms with Crippen LogP contribution in [0.4, 0.5) is 0 Å². The van der Waals surface area contributed by atoms with Crippen molar-refractivity contribution in [3.05, 3.63) is 207 Å². The third-order valence-corrected chi connectivity index (χ3v) is 13.6. The fraction of sp³-hybridized carbons (Fsp3) is 0. The number of nitrogens with zero attached hydrogens (tertiary/aromatic N) is 4. The minimum Gasteiger partial charge on any atom is -0.245 e. The summed E-state index contributed by atoms with van der Waals surface area (Å²) in [6, 6.07) is 67.6. The molecular formula is C60H34N4. The molecule has 294 valence electrons. The molecule has 2 aromatic heterocycles. The maximum atomic E-state index is 4.46. The molecule has 0 N–H and O–H groups in total. The van der Waals surface area contributed by atoms with Gasteiger partial charge in [-0.2, -0.15) is 0 Å². The van der Waals surface area contributed by atoms with Gasteiger partial charge in [-0.1, -0.05) is 140 Å². The Bertz CT molecular complexity index is 3910. The number of benzene rings is 10. The Kier molecular flexibility index (Phi) is 7.36. The summed E-state index contributed by atoms with van der Waals surface area (Å²) in [5, 5.41) is 10.3. The Labute approximate surface area is 368 Å². The summed E-state index contributed by atoms with van der Waals surface area (Å²) in [4.78, 5) is 17.1. The van der Waals surface area contributed by atoms with Gasteiger partial charge in [0.2, 0.25) is 0 Å². The molecule has 64 heavy (non-hydrogen) atoms. The largest absolute Gasteiger partial charge is 0.245 e. The van der Waals surface area contributed by atoms with Crippen molar-refractivity contribution in [2.45, 2.75) is 0 Å². The Morgan fingerprint density at radius 1 is 0.266 bits per heavy atom. The van der Waals surface area contributed by atoms with Gasteiger partial charge in [0.05, 0.1) is 11.4 Å². The average Bonchev–Trinajstić information content (AvgIpc) is 3.89. The molecule has 10 aromatic carbocycles. The Balaban J connectivity index is 0.912. The molecule has 0 amide bonds. The van der Waals surface area contributed by atoms with E-state index in [-0.39, 0.29) is 0 Å². The zero-order chi connectivity index (χ0) is 41.9. The van der Waals surface area contributed by atoms with Gasteiger partial charge in [0.1, 0.15) is 12.7 Å². The molecule has 12 aromatic rings. The van der Waals surface area contributed by atoms with Crippen LogP contribution in [0.1, 0.15) is 0 Å². The molecule has 0 saturated heterocycles. The van der Waals surface area contributed by atoms with E-state index in [1.165, 1.54) is 121 Å². The predicted molar refractivity (Wildman–Crippen MR) is 264 cm³/mol. The molecule has 0 aliphatic heterocycles. The molecule has 0 atom stereocenters. The van der Waals surface area contributed by atoms with E-state index in [0.29, 0.717) is 0 Å². The number of rotatable bonds is 5. The molecule has 0 fully saturated rings. The van der Waals surface area contributed by atoms with E-state index in [1.807, 2.05) is 12.1 Å². The van der Waals surface area contributed by atoms with E-state index in [9.17, 15) is 0 Å². The standard InChI is InChI=1S/C60H34N4/c1-2-6-46-41(4-1)28-44-19-21-47(58-51-23-17-40(32-53(51)60(46)57(44)58)36-10-14-38(15-11-36)55-25-27-62-34-64-55)42-18-20-48-45(29-42)30-43-5-3-7-50-49-22-16-39(31-52(49)59(48)56(43)50)35-8-12-37(13-9-35)54-24-26-61-33-63-54/h1-34H. The topological polar surface area (TPSA) is 51.6 Å². The molecule has 0 radical (unpaired) electrons. The fourth-order valence-corrected chi connectivity index (χ4v) is 10.7. The van der Waals surface area contributed by atoms with Crippen molar-refractivity contribution >= 4 is 43.1 Å². The quantitative estimate of drug-likeness (QED) is 0.163. The zero-order valence-electron chi connectivity index (χ0n) is 34.4. The SMILES string of the molecule is c1ccc2c3c4c(c(-c5ccc6c7c8c(cccc8cc6c5)-c5ccc(-c6ccc(-c8ccncn8)cc6)cc5-7)ccc4cc2c1)-c1ccc(-c2ccc(-c4ccncn4)cc2)cc1-3. The minimum atomic E-state index is 0.920. The molecule has 2 aliphatic rings. The monoisotopic (exact) mass is 810 g/mol. The summed E-state index contributed by atoms with van der Waals surface area (Å²) in [7, 11) is 0. The van der Waals surface area contributed by atoms with Crippen LogP contribution in [0.5, 0.6) is 0 Å². The third-order valence-electron chi connectivity index (χ3n) is 13.6. The molecule has 0 bridgehead atoms. The second kappa shape index (κ2) is 13.4. The van der Waals surface area contributed by atoms with Crippen molar-refractivity contribution in [2.24, 2.45) is 0 Å². The highest BCUT2D eigenvalue weighted by molar-refractivity contribution is 6.28. The van der Waals surface area contributed by atoms with Gasteiger partial charge in [0.15, 0.2) is 0 Å². The van der Waals surface area contributed by atoms with E-state index < -0.39 is 0 Å². The van der Waals surface area contributed by atoms with E-state index in [4.69, 9.17) is 0 Å².